The van der Waals surface area contributed by atoms with Gasteiger partial charge in [-0.2, -0.15) is 0 Å². The van der Waals surface area contributed by atoms with E-state index in [9.17, 15) is 4.39 Å². The summed E-state index contributed by atoms with van der Waals surface area (Å²) in [6, 6.07) is 7.99. The molecule has 1 heterocycles. The quantitative estimate of drug-likeness (QED) is 0.914. The van der Waals surface area contributed by atoms with Crippen LogP contribution in [0, 0.1) is 12.7 Å². The van der Waals surface area contributed by atoms with Crippen molar-refractivity contribution in [2.24, 2.45) is 5.73 Å². The molecule has 20 heavy (non-hydrogen) atoms. The van der Waals surface area contributed by atoms with Gasteiger partial charge in [0.15, 0.2) is 0 Å². The van der Waals surface area contributed by atoms with Crippen molar-refractivity contribution in [3.8, 4) is 5.75 Å². The van der Waals surface area contributed by atoms with Crippen molar-refractivity contribution in [1.82, 2.24) is 0 Å². The predicted molar refractivity (Wildman–Crippen MR) is 77.8 cm³/mol. The molecule has 0 saturated carbocycles. The number of fused-ring (bicyclic) bond motifs is 1. The first-order chi connectivity index (χ1) is 9.56. The fraction of sp³-hybridized carbons (Fsp3) is 0.250. The number of aryl methyl sites for hydroxylation is 1. The van der Waals surface area contributed by atoms with Crippen molar-refractivity contribution in [3.63, 3.8) is 0 Å². The molecule has 1 atom stereocenters. The van der Waals surface area contributed by atoms with Crippen LogP contribution in [0.5, 0.6) is 5.75 Å². The van der Waals surface area contributed by atoms with Crippen LogP contribution in [0.4, 0.5) is 4.39 Å². The van der Waals surface area contributed by atoms with Gasteiger partial charge in [-0.05, 0) is 30.7 Å². The second-order valence-corrected chi connectivity index (χ2v) is 5.52. The first kappa shape index (κ1) is 13.4. The minimum absolute atomic E-state index is 0.310. The molecule has 2 N–H and O–H groups in total. The van der Waals surface area contributed by atoms with Gasteiger partial charge in [0.1, 0.15) is 11.6 Å². The zero-order valence-corrected chi connectivity index (χ0v) is 11.9. The van der Waals surface area contributed by atoms with Crippen molar-refractivity contribution in [2.75, 3.05) is 6.61 Å². The van der Waals surface area contributed by atoms with Crippen molar-refractivity contribution in [3.05, 3.63) is 63.4 Å². The van der Waals surface area contributed by atoms with E-state index in [-0.39, 0.29) is 5.82 Å². The SMILES string of the molecule is Cc1ccc(F)c(C(N)c2cc(Cl)cc3c2OCC3)c1. The molecule has 3 rings (SSSR count). The normalized spacial score (nSPS) is 14.8. The fourth-order valence-corrected chi connectivity index (χ4v) is 2.85. The number of hydrogen-bond donors (Lipinski definition) is 1. The highest BCUT2D eigenvalue weighted by Crippen LogP contribution is 2.38. The summed E-state index contributed by atoms with van der Waals surface area (Å²) in [7, 11) is 0. The van der Waals surface area contributed by atoms with Gasteiger partial charge in [-0.25, -0.2) is 4.39 Å². The van der Waals surface area contributed by atoms with E-state index in [0.717, 1.165) is 28.9 Å². The van der Waals surface area contributed by atoms with Crippen molar-refractivity contribution in [1.29, 1.82) is 0 Å². The second-order valence-electron chi connectivity index (χ2n) is 5.08. The maximum absolute atomic E-state index is 14.0. The number of ether oxygens (including phenoxy) is 1. The molecule has 0 amide bonds. The third-order valence-corrected chi connectivity index (χ3v) is 3.82. The van der Waals surface area contributed by atoms with Crippen LogP contribution in [0.1, 0.15) is 28.3 Å². The molecule has 0 aliphatic carbocycles. The predicted octanol–water partition coefficient (Wildman–Crippen LogP) is 3.77. The van der Waals surface area contributed by atoms with E-state index in [1.165, 1.54) is 6.07 Å². The van der Waals surface area contributed by atoms with Gasteiger partial charge in [0.25, 0.3) is 0 Å². The molecule has 0 bridgehead atoms. The minimum atomic E-state index is -0.583. The van der Waals surface area contributed by atoms with E-state index in [4.69, 9.17) is 22.1 Å². The molecule has 1 aliphatic heterocycles. The average molecular weight is 292 g/mol. The maximum atomic E-state index is 14.0. The molecule has 2 nitrogen and oxygen atoms in total. The molecule has 0 aromatic heterocycles. The van der Waals surface area contributed by atoms with Crippen LogP contribution in [0.25, 0.3) is 0 Å². The Hall–Kier alpha value is -1.58. The lowest BCUT2D eigenvalue weighted by molar-refractivity contribution is 0.352. The molecular formula is C16H15ClFNO. The lowest BCUT2D eigenvalue weighted by Crippen LogP contribution is -2.15. The number of halogens is 2. The summed E-state index contributed by atoms with van der Waals surface area (Å²) in [5.74, 6) is 0.442. The van der Waals surface area contributed by atoms with Crippen LogP contribution in [0.3, 0.4) is 0 Å². The van der Waals surface area contributed by atoms with Crippen LogP contribution < -0.4 is 10.5 Å². The number of nitrogens with two attached hydrogens (primary N) is 1. The molecule has 0 spiro atoms. The van der Waals surface area contributed by atoms with E-state index in [1.54, 1.807) is 18.2 Å². The number of hydrogen-bond acceptors (Lipinski definition) is 2. The lowest BCUT2D eigenvalue weighted by Gasteiger charge is -2.17. The minimum Gasteiger partial charge on any atom is -0.493 e. The first-order valence-corrected chi connectivity index (χ1v) is 6.91. The highest BCUT2D eigenvalue weighted by Gasteiger charge is 2.24. The summed E-state index contributed by atoms with van der Waals surface area (Å²) in [4.78, 5) is 0. The van der Waals surface area contributed by atoms with Gasteiger partial charge >= 0.3 is 0 Å². The third-order valence-electron chi connectivity index (χ3n) is 3.60. The van der Waals surface area contributed by atoms with Gasteiger partial charge in [0.05, 0.1) is 12.6 Å². The molecule has 1 unspecified atom stereocenters. The van der Waals surface area contributed by atoms with Crippen molar-refractivity contribution in [2.45, 2.75) is 19.4 Å². The summed E-state index contributed by atoms with van der Waals surface area (Å²) >= 11 is 6.13. The Labute approximate surface area is 122 Å². The van der Waals surface area contributed by atoms with Crippen LogP contribution >= 0.6 is 11.6 Å². The molecule has 0 fully saturated rings. The van der Waals surface area contributed by atoms with Gasteiger partial charge in [-0.3, -0.25) is 0 Å². The summed E-state index contributed by atoms with van der Waals surface area (Å²) in [6.07, 6.45) is 0.811. The smallest absolute Gasteiger partial charge is 0.128 e. The Kier molecular flexibility index (Phi) is 3.40. The first-order valence-electron chi connectivity index (χ1n) is 6.53. The Balaban J connectivity index is 2.11. The largest absolute Gasteiger partial charge is 0.493 e. The average Bonchev–Trinajstić information content (AvgIpc) is 2.87. The molecule has 1 aliphatic rings. The van der Waals surface area contributed by atoms with E-state index in [0.29, 0.717) is 17.2 Å². The van der Waals surface area contributed by atoms with Crippen molar-refractivity contribution < 1.29 is 9.13 Å². The monoisotopic (exact) mass is 291 g/mol. The van der Waals surface area contributed by atoms with Gasteiger partial charge in [-0.15, -0.1) is 0 Å². The van der Waals surface area contributed by atoms with Crippen LogP contribution in [-0.2, 0) is 6.42 Å². The Morgan fingerprint density at radius 3 is 2.85 bits per heavy atom. The van der Waals surface area contributed by atoms with Crippen LogP contribution in [0.2, 0.25) is 5.02 Å². The molecular weight excluding hydrogens is 277 g/mol. The number of benzene rings is 2. The number of rotatable bonds is 2. The van der Waals surface area contributed by atoms with E-state index in [2.05, 4.69) is 0 Å². The zero-order valence-electron chi connectivity index (χ0n) is 11.1. The molecule has 2 aromatic carbocycles. The standard InChI is InChI=1S/C16H15ClFNO/c1-9-2-3-14(18)12(6-9)15(19)13-8-11(17)7-10-4-5-20-16(10)13/h2-3,6-8,15H,4-5,19H2,1H3. The van der Waals surface area contributed by atoms with Gasteiger partial charge in [-0.1, -0.05) is 29.3 Å². The van der Waals surface area contributed by atoms with E-state index >= 15 is 0 Å². The highest BCUT2D eigenvalue weighted by molar-refractivity contribution is 6.30. The van der Waals surface area contributed by atoms with Gasteiger partial charge in [0.2, 0.25) is 0 Å². The Bertz CT molecular complexity index is 672. The molecule has 2 aromatic rings. The molecule has 0 radical (unpaired) electrons. The summed E-state index contributed by atoms with van der Waals surface area (Å²) < 4.78 is 19.6. The van der Waals surface area contributed by atoms with E-state index < -0.39 is 6.04 Å². The van der Waals surface area contributed by atoms with Crippen molar-refractivity contribution >= 4 is 11.6 Å². The highest BCUT2D eigenvalue weighted by atomic mass is 35.5. The van der Waals surface area contributed by atoms with Crippen LogP contribution in [0.15, 0.2) is 30.3 Å². The summed E-state index contributed by atoms with van der Waals surface area (Å²) in [5, 5.41) is 0.604. The third kappa shape index (κ3) is 2.28. The topological polar surface area (TPSA) is 35.2 Å². The maximum Gasteiger partial charge on any atom is 0.128 e. The Morgan fingerprint density at radius 1 is 1.25 bits per heavy atom. The summed E-state index contributed by atoms with van der Waals surface area (Å²) in [6.45, 7) is 2.53. The zero-order chi connectivity index (χ0) is 14.3. The van der Waals surface area contributed by atoms with Crippen LogP contribution in [-0.4, -0.2) is 6.61 Å². The fourth-order valence-electron chi connectivity index (χ4n) is 2.60. The molecule has 4 heteroatoms. The van der Waals surface area contributed by atoms with Gasteiger partial charge in [0, 0.05) is 22.6 Å². The van der Waals surface area contributed by atoms with E-state index in [1.807, 2.05) is 13.0 Å². The molecule has 0 saturated heterocycles. The molecule has 104 valence electrons. The second kappa shape index (κ2) is 5.08. The Morgan fingerprint density at radius 2 is 2.05 bits per heavy atom. The summed E-state index contributed by atoms with van der Waals surface area (Å²) in [5.41, 5.74) is 9.46. The lowest BCUT2D eigenvalue weighted by atomic mass is 9.95. The van der Waals surface area contributed by atoms with Gasteiger partial charge < -0.3 is 10.5 Å².